The fraction of sp³-hybridized carbons (Fsp3) is 0.500. The zero-order valence-corrected chi connectivity index (χ0v) is 14.1. The van der Waals surface area contributed by atoms with Crippen LogP contribution in [0.4, 0.5) is 0 Å². The van der Waals surface area contributed by atoms with Gasteiger partial charge in [-0.05, 0) is 38.8 Å². The summed E-state index contributed by atoms with van der Waals surface area (Å²) in [4.78, 5) is 0. The van der Waals surface area contributed by atoms with Crippen LogP contribution in [0.2, 0.25) is 10.0 Å². The molecule has 0 saturated carbocycles. The molecule has 2 nitrogen and oxygen atoms in total. The highest BCUT2D eigenvalue weighted by atomic mass is 79.9. The first-order chi connectivity index (χ1) is 8.89. The van der Waals surface area contributed by atoms with Crippen molar-refractivity contribution < 1.29 is 4.74 Å². The number of hydrogen-bond donors (Lipinski definition) is 0. The van der Waals surface area contributed by atoms with Crippen molar-refractivity contribution in [2.75, 3.05) is 6.61 Å². The van der Waals surface area contributed by atoms with E-state index < -0.39 is 0 Å². The van der Waals surface area contributed by atoms with Crippen LogP contribution in [0.15, 0.2) is 12.1 Å². The Morgan fingerprint density at radius 3 is 2.63 bits per heavy atom. The van der Waals surface area contributed by atoms with Crippen LogP contribution in [-0.2, 0) is 5.33 Å². The van der Waals surface area contributed by atoms with Crippen molar-refractivity contribution in [3.8, 4) is 11.8 Å². The summed E-state index contributed by atoms with van der Waals surface area (Å²) in [6.45, 7) is 4.38. The van der Waals surface area contributed by atoms with Gasteiger partial charge in [0.1, 0.15) is 5.75 Å². The van der Waals surface area contributed by atoms with Crippen molar-refractivity contribution >= 4 is 39.1 Å². The Hall–Kier alpha value is -0.430. The molecule has 0 atom stereocenters. The molecule has 1 aromatic carbocycles. The van der Waals surface area contributed by atoms with Gasteiger partial charge in [0.05, 0.1) is 23.1 Å². The van der Waals surface area contributed by atoms with Crippen LogP contribution in [0.25, 0.3) is 0 Å². The predicted octanol–water partition coefficient (Wildman–Crippen LogP) is 5.60. The van der Waals surface area contributed by atoms with Gasteiger partial charge in [-0.15, -0.1) is 0 Å². The molecule has 104 valence electrons. The highest BCUT2D eigenvalue weighted by Gasteiger charge is 2.16. The molecule has 0 bridgehead atoms. The second-order valence-corrected chi connectivity index (χ2v) is 6.36. The Labute approximate surface area is 132 Å². The summed E-state index contributed by atoms with van der Waals surface area (Å²) < 4.78 is 5.72. The lowest BCUT2D eigenvalue weighted by atomic mass is 9.90. The zero-order valence-electron chi connectivity index (χ0n) is 11.0. The third-order valence-corrected chi connectivity index (χ3v) is 3.83. The van der Waals surface area contributed by atoms with Crippen molar-refractivity contribution in [2.45, 2.75) is 32.0 Å². The van der Waals surface area contributed by atoms with Gasteiger partial charge in [-0.1, -0.05) is 39.1 Å². The topological polar surface area (TPSA) is 33.0 Å². The Morgan fingerprint density at radius 1 is 1.37 bits per heavy atom. The monoisotopic (exact) mass is 363 g/mol. The number of ether oxygens (including phenoxy) is 1. The maximum Gasteiger partial charge on any atom is 0.142 e. The highest BCUT2D eigenvalue weighted by molar-refractivity contribution is 9.08. The Bertz CT molecular complexity index is 483. The number of nitriles is 1. The smallest absolute Gasteiger partial charge is 0.142 e. The third kappa shape index (κ3) is 5.22. The molecule has 0 fully saturated rings. The van der Waals surface area contributed by atoms with Crippen molar-refractivity contribution in [3.63, 3.8) is 0 Å². The van der Waals surface area contributed by atoms with E-state index in [0.29, 0.717) is 27.7 Å². The van der Waals surface area contributed by atoms with Gasteiger partial charge in [0.15, 0.2) is 0 Å². The first kappa shape index (κ1) is 16.6. The molecule has 0 aliphatic heterocycles. The molecule has 0 heterocycles. The molecule has 0 radical (unpaired) electrons. The molecule has 5 heteroatoms. The quantitative estimate of drug-likeness (QED) is 0.486. The van der Waals surface area contributed by atoms with E-state index in [1.807, 2.05) is 19.9 Å². The molecule has 1 rings (SSSR count). The molecule has 1 aromatic rings. The van der Waals surface area contributed by atoms with Gasteiger partial charge in [-0.25, -0.2) is 0 Å². The fourth-order valence-corrected chi connectivity index (χ4v) is 2.63. The van der Waals surface area contributed by atoms with Crippen LogP contribution in [0.5, 0.6) is 5.75 Å². The minimum Gasteiger partial charge on any atom is -0.492 e. The van der Waals surface area contributed by atoms with Gasteiger partial charge >= 0.3 is 0 Å². The largest absolute Gasteiger partial charge is 0.492 e. The molecule has 0 spiro atoms. The predicted molar refractivity (Wildman–Crippen MR) is 83.2 cm³/mol. The maximum absolute atomic E-state index is 8.93. The lowest BCUT2D eigenvalue weighted by Gasteiger charge is -2.16. The fourth-order valence-electron chi connectivity index (χ4n) is 1.62. The lowest BCUT2D eigenvalue weighted by Crippen LogP contribution is -2.10. The van der Waals surface area contributed by atoms with E-state index in [2.05, 4.69) is 22.0 Å². The average molecular weight is 365 g/mol. The summed E-state index contributed by atoms with van der Waals surface area (Å²) in [5.74, 6) is 0.665. The average Bonchev–Trinajstić information content (AvgIpc) is 2.35. The Morgan fingerprint density at radius 2 is 2.05 bits per heavy atom. The number of alkyl halides is 1. The molecule has 19 heavy (non-hydrogen) atoms. The second-order valence-electron chi connectivity index (χ2n) is 4.96. The zero-order chi connectivity index (χ0) is 14.5. The van der Waals surface area contributed by atoms with Gasteiger partial charge < -0.3 is 4.74 Å². The molecule has 0 aromatic heterocycles. The van der Waals surface area contributed by atoms with E-state index in [4.69, 9.17) is 33.2 Å². The summed E-state index contributed by atoms with van der Waals surface area (Å²) in [6, 6.07) is 5.78. The number of rotatable bonds is 6. The molecule has 0 saturated heterocycles. The standard InChI is InChI=1S/C14H16BrCl2NO/c1-14(2,9-18)4-3-5-19-13-10(8-15)6-11(16)7-12(13)17/h6-7H,3-5,8H2,1-2H3. The van der Waals surface area contributed by atoms with Gasteiger partial charge in [0, 0.05) is 15.9 Å². The van der Waals surface area contributed by atoms with Crippen LogP contribution < -0.4 is 4.74 Å². The molecule has 0 amide bonds. The van der Waals surface area contributed by atoms with Crippen LogP contribution in [0.1, 0.15) is 32.3 Å². The van der Waals surface area contributed by atoms with Crippen LogP contribution in [0.3, 0.4) is 0 Å². The number of halogens is 3. The normalized spacial score (nSPS) is 11.2. The summed E-state index contributed by atoms with van der Waals surface area (Å²) in [5.41, 5.74) is 0.614. The maximum atomic E-state index is 8.93. The summed E-state index contributed by atoms with van der Waals surface area (Å²) in [6.07, 6.45) is 1.60. The second kappa shape index (κ2) is 7.38. The molecular formula is C14H16BrCl2NO. The van der Waals surface area contributed by atoms with E-state index in [1.54, 1.807) is 6.07 Å². The Balaban J connectivity index is 2.62. The van der Waals surface area contributed by atoms with E-state index >= 15 is 0 Å². The van der Waals surface area contributed by atoms with Gasteiger partial charge in [0.25, 0.3) is 0 Å². The molecular weight excluding hydrogens is 349 g/mol. The van der Waals surface area contributed by atoms with Gasteiger partial charge in [0.2, 0.25) is 0 Å². The third-order valence-electron chi connectivity index (χ3n) is 2.72. The summed E-state index contributed by atoms with van der Waals surface area (Å²) in [5, 5.41) is 10.7. The van der Waals surface area contributed by atoms with E-state index in [1.165, 1.54) is 0 Å². The number of nitrogens with zero attached hydrogens (tertiary/aromatic N) is 1. The molecule has 0 N–H and O–H groups in total. The Kier molecular flexibility index (Phi) is 6.46. The van der Waals surface area contributed by atoms with Crippen LogP contribution in [-0.4, -0.2) is 6.61 Å². The van der Waals surface area contributed by atoms with Crippen LogP contribution in [0, 0.1) is 16.7 Å². The summed E-state index contributed by atoms with van der Waals surface area (Å²) >= 11 is 15.5. The summed E-state index contributed by atoms with van der Waals surface area (Å²) in [7, 11) is 0. The molecule has 0 aliphatic carbocycles. The van der Waals surface area contributed by atoms with E-state index in [0.717, 1.165) is 18.4 Å². The molecule has 0 aliphatic rings. The lowest BCUT2D eigenvalue weighted by molar-refractivity contribution is 0.283. The highest BCUT2D eigenvalue weighted by Crippen LogP contribution is 2.34. The van der Waals surface area contributed by atoms with E-state index in [9.17, 15) is 0 Å². The minimum absolute atomic E-state index is 0.314. The van der Waals surface area contributed by atoms with Crippen molar-refractivity contribution in [1.82, 2.24) is 0 Å². The first-order valence-electron chi connectivity index (χ1n) is 5.97. The number of benzene rings is 1. The van der Waals surface area contributed by atoms with Crippen LogP contribution >= 0.6 is 39.1 Å². The molecule has 0 unspecified atom stereocenters. The van der Waals surface area contributed by atoms with E-state index in [-0.39, 0.29) is 5.41 Å². The van der Waals surface area contributed by atoms with Gasteiger partial charge in [-0.2, -0.15) is 5.26 Å². The van der Waals surface area contributed by atoms with Crippen molar-refractivity contribution in [2.24, 2.45) is 5.41 Å². The van der Waals surface area contributed by atoms with Gasteiger partial charge in [-0.3, -0.25) is 0 Å². The van der Waals surface area contributed by atoms with Crippen molar-refractivity contribution in [3.05, 3.63) is 27.7 Å². The van der Waals surface area contributed by atoms with Crippen molar-refractivity contribution in [1.29, 1.82) is 5.26 Å². The SMILES string of the molecule is CC(C)(C#N)CCCOc1c(Cl)cc(Cl)cc1CBr. The minimum atomic E-state index is -0.314. The number of hydrogen-bond acceptors (Lipinski definition) is 2. The first-order valence-corrected chi connectivity index (χ1v) is 7.85.